The number of ether oxygens (including phenoxy) is 2. The highest BCUT2D eigenvalue weighted by Crippen LogP contribution is 2.28. The van der Waals surface area contributed by atoms with E-state index in [4.69, 9.17) is 14.7 Å². The Morgan fingerprint density at radius 3 is 2.47 bits per heavy atom. The highest BCUT2D eigenvalue weighted by Gasteiger charge is 2.22. The van der Waals surface area contributed by atoms with Crippen LogP contribution in [0.3, 0.4) is 0 Å². The fourth-order valence-electron chi connectivity index (χ4n) is 3.43. The summed E-state index contributed by atoms with van der Waals surface area (Å²) in [6.45, 7) is 5.75. The van der Waals surface area contributed by atoms with E-state index in [0.29, 0.717) is 30.2 Å². The maximum absolute atomic E-state index is 12.6. The van der Waals surface area contributed by atoms with Crippen LogP contribution in [-0.2, 0) is 11.3 Å². The monoisotopic (exact) mass is 405 g/mol. The minimum Gasteiger partial charge on any atom is -0.493 e. The van der Waals surface area contributed by atoms with Crippen molar-refractivity contribution in [2.45, 2.75) is 13.5 Å². The topological polar surface area (TPSA) is 65.8 Å². The number of carbonyl (C=O) groups is 1. The molecule has 1 aliphatic heterocycles. The van der Waals surface area contributed by atoms with Crippen molar-refractivity contribution in [1.29, 1.82) is 5.26 Å². The first kappa shape index (κ1) is 21.4. The van der Waals surface area contributed by atoms with Gasteiger partial charge >= 0.3 is 0 Å². The number of piperazine rings is 1. The van der Waals surface area contributed by atoms with E-state index in [1.165, 1.54) is 5.56 Å². The van der Waals surface area contributed by atoms with E-state index in [0.717, 1.165) is 25.2 Å². The minimum atomic E-state index is -0.0207. The van der Waals surface area contributed by atoms with Gasteiger partial charge in [0.05, 0.1) is 18.7 Å². The van der Waals surface area contributed by atoms with E-state index in [-0.39, 0.29) is 12.5 Å². The summed E-state index contributed by atoms with van der Waals surface area (Å²) in [5.41, 5.74) is 2.86. The van der Waals surface area contributed by atoms with Gasteiger partial charge in [-0.15, -0.1) is 0 Å². The molecular weight excluding hydrogens is 378 g/mol. The molecule has 1 heterocycles. The second-order valence-corrected chi connectivity index (χ2v) is 7.16. The SMILES string of the molecule is C/C=C/c1ccc(OCC(=O)N2CCN(Cc3ccc(C#N)cc3)CC2)c(OC)c1. The van der Waals surface area contributed by atoms with E-state index in [1.807, 2.05) is 66.4 Å². The van der Waals surface area contributed by atoms with Crippen LogP contribution in [0.1, 0.15) is 23.6 Å². The predicted molar refractivity (Wildman–Crippen MR) is 116 cm³/mol. The molecule has 1 fully saturated rings. The van der Waals surface area contributed by atoms with Crippen LogP contribution in [0.4, 0.5) is 0 Å². The lowest BCUT2D eigenvalue weighted by Crippen LogP contribution is -2.49. The molecule has 30 heavy (non-hydrogen) atoms. The average molecular weight is 405 g/mol. The summed E-state index contributed by atoms with van der Waals surface area (Å²) in [7, 11) is 1.59. The number of nitriles is 1. The summed E-state index contributed by atoms with van der Waals surface area (Å²) < 4.78 is 11.1. The maximum atomic E-state index is 12.6. The molecule has 0 bridgehead atoms. The smallest absolute Gasteiger partial charge is 0.260 e. The summed E-state index contributed by atoms with van der Waals surface area (Å²) in [5, 5.41) is 8.89. The third-order valence-corrected chi connectivity index (χ3v) is 5.11. The van der Waals surface area contributed by atoms with Gasteiger partial charge in [0.25, 0.3) is 5.91 Å². The molecule has 2 aromatic carbocycles. The average Bonchev–Trinajstić information content (AvgIpc) is 2.79. The van der Waals surface area contributed by atoms with Gasteiger partial charge in [-0.2, -0.15) is 5.26 Å². The lowest BCUT2D eigenvalue weighted by molar-refractivity contribution is -0.135. The van der Waals surface area contributed by atoms with Crippen LogP contribution in [0.25, 0.3) is 6.08 Å². The second kappa shape index (κ2) is 10.5. The van der Waals surface area contributed by atoms with E-state index < -0.39 is 0 Å². The third-order valence-electron chi connectivity index (χ3n) is 5.11. The van der Waals surface area contributed by atoms with Crippen LogP contribution < -0.4 is 9.47 Å². The minimum absolute atomic E-state index is 0.00501. The Bertz CT molecular complexity index is 924. The Morgan fingerprint density at radius 2 is 1.83 bits per heavy atom. The lowest BCUT2D eigenvalue weighted by Gasteiger charge is -2.34. The van der Waals surface area contributed by atoms with Gasteiger partial charge in [0.15, 0.2) is 18.1 Å². The first-order valence-electron chi connectivity index (χ1n) is 10.1. The van der Waals surface area contributed by atoms with Gasteiger partial charge < -0.3 is 14.4 Å². The molecule has 1 saturated heterocycles. The highest BCUT2D eigenvalue weighted by molar-refractivity contribution is 5.78. The molecule has 2 aromatic rings. The molecule has 6 nitrogen and oxygen atoms in total. The van der Waals surface area contributed by atoms with Gasteiger partial charge in [-0.05, 0) is 42.3 Å². The Kier molecular flexibility index (Phi) is 7.47. The van der Waals surface area contributed by atoms with Gasteiger partial charge in [-0.25, -0.2) is 0 Å². The molecule has 0 spiro atoms. The van der Waals surface area contributed by atoms with Gasteiger partial charge in [-0.3, -0.25) is 9.69 Å². The van der Waals surface area contributed by atoms with Gasteiger partial charge in [0, 0.05) is 32.7 Å². The van der Waals surface area contributed by atoms with E-state index in [1.54, 1.807) is 7.11 Å². The number of hydrogen-bond donors (Lipinski definition) is 0. The standard InChI is InChI=1S/C24H27N3O3/c1-3-4-19-9-10-22(23(15-19)29-2)30-18-24(28)27-13-11-26(12-14-27)17-21-7-5-20(16-25)6-8-21/h3-10,15H,11-14,17-18H2,1-2H3/b4-3+. The van der Waals surface area contributed by atoms with Crippen LogP contribution in [0.15, 0.2) is 48.5 Å². The zero-order valence-corrected chi connectivity index (χ0v) is 17.5. The number of allylic oxidation sites excluding steroid dienone is 1. The molecule has 0 saturated carbocycles. The Labute approximate surface area is 177 Å². The largest absolute Gasteiger partial charge is 0.493 e. The summed E-state index contributed by atoms with van der Waals surface area (Å²) >= 11 is 0. The molecule has 3 rings (SSSR count). The summed E-state index contributed by atoms with van der Waals surface area (Å²) in [5.74, 6) is 1.16. The molecule has 1 aliphatic rings. The number of nitrogens with zero attached hydrogens (tertiary/aromatic N) is 3. The molecule has 0 aromatic heterocycles. The number of carbonyl (C=O) groups excluding carboxylic acids is 1. The van der Waals surface area contributed by atoms with Crippen molar-refractivity contribution in [3.8, 4) is 17.6 Å². The van der Waals surface area contributed by atoms with Crippen molar-refractivity contribution >= 4 is 12.0 Å². The van der Waals surface area contributed by atoms with Crippen LogP contribution in [0.2, 0.25) is 0 Å². The molecular formula is C24H27N3O3. The van der Waals surface area contributed by atoms with Crippen molar-refractivity contribution in [3.05, 3.63) is 65.2 Å². The second-order valence-electron chi connectivity index (χ2n) is 7.16. The van der Waals surface area contributed by atoms with E-state index >= 15 is 0 Å². The van der Waals surface area contributed by atoms with Crippen molar-refractivity contribution in [2.24, 2.45) is 0 Å². The Hall–Kier alpha value is -3.30. The number of benzene rings is 2. The van der Waals surface area contributed by atoms with E-state index in [9.17, 15) is 4.79 Å². The van der Waals surface area contributed by atoms with Crippen LogP contribution >= 0.6 is 0 Å². The summed E-state index contributed by atoms with van der Waals surface area (Å²) in [6.07, 6.45) is 3.94. The quantitative estimate of drug-likeness (QED) is 0.707. The molecule has 0 radical (unpaired) electrons. The molecule has 0 unspecified atom stereocenters. The maximum Gasteiger partial charge on any atom is 0.260 e. The van der Waals surface area contributed by atoms with E-state index in [2.05, 4.69) is 11.0 Å². The Balaban J connectivity index is 1.48. The Morgan fingerprint density at radius 1 is 1.10 bits per heavy atom. The highest BCUT2D eigenvalue weighted by atomic mass is 16.5. The first-order valence-corrected chi connectivity index (χ1v) is 10.1. The van der Waals surface area contributed by atoms with Crippen LogP contribution in [-0.4, -0.2) is 55.6 Å². The predicted octanol–water partition coefficient (Wildman–Crippen LogP) is 3.32. The van der Waals surface area contributed by atoms with Gasteiger partial charge in [0.1, 0.15) is 0 Å². The van der Waals surface area contributed by atoms with Crippen LogP contribution in [0.5, 0.6) is 11.5 Å². The van der Waals surface area contributed by atoms with Crippen molar-refractivity contribution in [3.63, 3.8) is 0 Å². The third kappa shape index (κ3) is 5.62. The molecule has 156 valence electrons. The lowest BCUT2D eigenvalue weighted by atomic mass is 10.1. The number of methoxy groups -OCH3 is 1. The first-order chi connectivity index (χ1) is 14.6. The molecule has 0 N–H and O–H groups in total. The van der Waals surface area contributed by atoms with Crippen molar-refractivity contribution in [1.82, 2.24) is 9.80 Å². The molecule has 0 atom stereocenters. The number of rotatable bonds is 7. The summed E-state index contributed by atoms with van der Waals surface area (Å²) in [6, 6.07) is 15.4. The normalized spacial score (nSPS) is 14.5. The number of hydrogen-bond acceptors (Lipinski definition) is 5. The molecule has 1 amide bonds. The zero-order valence-electron chi connectivity index (χ0n) is 17.5. The number of amides is 1. The van der Waals surface area contributed by atoms with Gasteiger partial charge in [0.2, 0.25) is 0 Å². The zero-order chi connectivity index (χ0) is 21.3. The molecule has 0 aliphatic carbocycles. The van der Waals surface area contributed by atoms with Gasteiger partial charge in [-0.1, -0.05) is 30.4 Å². The molecule has 6 heteroatoms. The summed E-state index contributed by atoms with van der Waals surface area (Å²) in [4.78, 5) is 16.7. The fraction of sp³-hybridized carbons (Fsp3) is 0.333. The van der Waals surface area contributed by atoms with Crippen molar-refractivity contribution in [2.75, 3.05) is 39.9 Å². The fourth-order valence-corrected chi connectivity index (χ4v) is 3.43. The van der Waals surface area contributed by atoms with Crippen LogP contribution in [0, 0.1) is 11.3 Å². The van der Waals surface area contributed by atoms with Crippen molar-refractivity contribution < 1.29 is 14.3 Å².